The van der Waals surface area contributed by atoms with Crippen LogP contribution in [0.3, 0.4) is 0 Å². The number of nitrogens with one attached hydrogen (secondary N) is 1. The highest BCUT2D eigenvalue weighted by molar-refractivity contribution is 5.91. The molecule has 6 nitrogen and oxygen atoms in total. The first-order chi connectivity index (χ1) is 12.9. The Morgan fingerprint density at radius 3 is 2.48 bits per heavy atom. The molecule has 0 spiro atoms. The van der Waals surface area contributed by atoms with Gasteiger partial charge in [-0.25, -0.2) is 9.18 Å². The second-order valence-electron chi connectivity index (χ2n) is 6.35. The summed E-state index contributed by atoms with van der Waals surface area (Å²) in [5.74, 6) is -1.12. The molecule has 0 radical (unpaired) electrons. The molecule has 1 N–H and O–H groups in total. The largest absolute Gasteiger partial charge is 0.332 e. The molecule has 1 heterocycles. The molecule has 0 bridgehead atoms. The Morgan fingerprint density at radius 2 is 1.78 bits per heavy atom. The molecule has 0 aliphatic rings. The van der Waals surface area contributed by atoms with Crippen LogP contribution in [0.5, 0.6) is 0 Å². The Bertz CT molecular complexity index is 1120. The van der Waals surface area contributed by atoms with E-state index in [9.17, 15) is 18.8 Å². The molecule has 1 amide bonds. The van der Waals surface area contributed by atoms with Crippen molar-refractivity contribution in [1.29, 1.82) is 0 Å². The lowest BCUT2D eigenvalue weighted by Gasteiger charge is -2.17. The maximum Gasteiger partial charge on any atom is 0.332 e. The highest BCUT2D eigenvalue weighted by Crippen LogP contribution is 2.14. The average molecular weight is 369 g/mol. The number of carbonyl (C=O) groups is 1. The van der Waals surface area contributed by atoms with Gasteiger partial charge in [0, 0.05) is 6.04 Å². The van der Waals surface area contributed by atoms with Gasteiger partial charge in [0.1, 0.15) is 12.4 Å². The van der Waals surface area contributed by atoms with E-state index in [-0.39, 0.29) is 23.8 Å². The Labute approximate surface area is 154 Å². The summed E-state index contributed by atoms with van der Waals surface area (Å²) in [6, 6.07) is 12.1. The molecule has 1 aromatic heterocycles. The Balaban J connectivity index is 2.08. The molecule has 0 aliphatic heterocycles. The minimum Gasteiger partial charge on any atom is -0.322 e. The van der Waals surface area contributed by atoms with Gasteiger partial charge in [0.05, 0.1) is 16.6 Å². The first kappa shape index (κ1) is 18.6. The average Bonchev–Trinajstić information content (AvgIpc) is 2.67. The summed E-state index contributed by atoms with van der Waals surface area (Å²) in [5.41, 5.74) is -0.529. The summed E-state index contributed by atoms with van der Waals surface area (Å²) >= 11 is 0. The Morgan fingerprint density at radius 1 is 1.11 bits per heavy atom. The zero-order valence-electron chi connectivity index (χ0n) is 15.1. The van der Waals surface area contributed by atoms with E-state index in [1.165, 1.54) is 27.3 Å². The van der Waals surface area contributed by atoms with Crippen LogP contribution in [0.4, 0.5) is 10.1 Å². The standard InChI is InChI=1S/C20H20FN3O3/c1-3-13(2)24-19(26)14-8-4-7-11-17(14)23(20(24)27)12-18(25)22-16-10-6-5-9-15(16)21/h4-11,13H,3,12H2,1-2H3,(H,22,25)/t13-/m0/s1. The molecule has 1 atom stereocenters. The highest BCUT2D eigenvalue weighted by atomic mass is 19.1. The molecular formula is C20H20FN3O3. The number of anilines is 1. The lowest BCUT2D eigenvalue weighted by Crippen LogP contribution is -2.43. The first-order valence-electron chi connectivity index (χ1n) is 8.72. The van der Waals surface area contributed by atoms with Crippen LogP contribution in [-0.2, 0) is 11.3 Å². The van der Waals surface area contributed by atoms with Crippen LogP contribution in [0.2, 0.25) is 0 Å². The topological polar surface area (TPSA) is 73.1 Å². The smallest absolute Gasteiger partial charge is 0.322 e. The molecule has 0 saturated carbocycles. The van der Waals surface area contributed by atoms with E-state index in [4.69, 9.17) is 0 Å². The number of carbonyl (C=O) groups excluding carboxylic acids is 1. The van der Waals surface area contributed by atoms with Gasteiger partial charge in [-0.15, -0.1) is 0 Å². The summed E-state index contributed by atoms with van der Waals surface area (Å²) in [6.45, 7) is 3.33. The summed E-state index contributed by atoms with van der Waals surface area (Å²) in [5, 5.41) is 2.82. The van der Waals surface area contributed by atoms with Crippen molar-refractivity contribution in [3.63, 3.8) is 0 Å². The summed E-state index contributed by atoms with van der Waals surface area (Å²) in [7, 11) is 0. The normalized spacial score (nSPS) is 12.1. The molecule has 2 aromatic carbocycles. The molecule has 140 valence electrons. The van der Waals surface area contributed by atoms with Gasteiger partial charge >= 0.3 is 5.69 Å². The first-order valence-corrected chi connectivity index (χ1v) is 8.72. The van der Waals surface area contributed by atoms with Crippen LogP contribution < -0.4 is 16.6 Å². The van der Waals surface area contributed by atoms with Crippen molar-refractivity contribution in [2.24, 2.45) is 0 Å². The summed E-state index contributed by atoms with van der Waals surface area (Å²) < 4.78 is 16.2. The molecule has 3 aromatic rings. The summed E-state index contributed by atoms with van der Waals surface area (Å²) in [4.78, 5) is 38.1. The van der Waals surface area contributed by atoms with Crippen molar-refractivity contribution >= 4 is 22.5 Å². The number of amides is 1. The lowest BCUT2D eigenvalue weighted by atomic mass is 10.2. The van der Waals surface area contributed by atoms with Gasteiger partial charge in [-0.3, -0.25) is 18.7 Å². The van der Waals surface area contributed by atoms with Crippen LogP contribution in [0.1, 0.15) is 26.3 Å². The van der Waals surface area contributed by atoms with E-state index >= 15 is 0 Å². The number of hydrogen-bond acceptors (Lipinski definition) is 3. The monoisotopic (exact) mass is 369 g/mol. The fourth-order valence-electron chi connectivity index (χ4n) is 2.96. The van der Waals surface area contributed by atoms with Gasteiger partial charge in [0.25, 0.3) is 5.56 Å². The molecule has 27 heavy (non-hydrogen) atoms. The van der Waals surface area contributed by atoms with Crippen LogP contribution in [0, 0.1) is 5.82 Å². The van der Waals surface area contributed by atoms with Crippen molar-refractivity contribution in [2.45, 2.75) is 32.9 Å². The van der Waals surface area contributed by atoms with Crippen molar-refractivity contribution in [3.8, 4) is 0 Å². The minimum atomic E-state index is -0.562. The Hall–Kier alpha value is -3.22. The number of fused-ring (bicyclic) bond motifs is 1. The third kappa shape index (κ3) is 3.53. The van der Waals surface area contributed by atoms with Gasteiger partial charge in [0.15, 0.2) is 0 Å². The highest BCUT2D eigenvalue weighted by Gasteiger charge is 2.18. The van der Waals surface area contributed by atoms with E-state index in [0.717, 1.165) is 0 Å². The molecule has 0 aliphatic carbocycles. The van der Waals surface area contributed by atoms with E-state index in [1.54, 1.807) is 37.3 Å². The second kappa shape index (κ2) is 7.57. The molecule has 0 fully saturated rings. The second-order valence-corrected chi connectivity index (χ2v) is 6.35. The van der Waals surface area contributed by atoms with Crippen molar-refractivity contribution < 1.29 is 9.18 Å². The number of rotatable bonds is 5. The zero-order valence-corrected chi connectivity index (χ0v) is 15.1. The van der Waals surface area contributed by atoms with Crippen LogP contribution in [0.25, 0.3) is 10.9 Å². The fourth-order valence-corrected chi connectivity index (χ4v) is 2.96. The van der Waals surface area contributed by atoms with Crippen molar-refractivity contribution in [3.05, 3.63) is 75.2 Å². The number of benzene rings is 2. The van der Waals surface area contributed by atoms with Crippen molar-refractivity contribution in [2.75, 3.05) is 5.32 Å². The predicted octanol–water partition coefficient (Wildman–Crippen LogP) is 2.91. The quantitative estimate of drug-likeness (QED) is 0.752. The Kier molecular flexibility index (Phi) is 5.21. The molecular weight excluding hydrogens is 349 g/mol. The van der Waals surface area contributed by atoms with Crippen molar-refractivity contribution in [1.82, 2.24) is 9.13 Å². The van der Waals surface area contributed by atoms with E-state index in [2.05, 4.69) is 5.32 Å². The van der Waals surface area contributed by atoms with E-state index in [0.29, 0.717) is 17.3 Å². The van der Waals surface area contributed by atoms with Crippen LogP contribution in [0.15, 0.2) is 58.1 Å². The predicted molar refractivity (Wildman–Crippen MR) is 102 cm³/mol. The third-order valence-electron chi connectivity index (χ3n) is 4.56. The van der Waals surface area contributed by atoms with E-state index in [1.807, 2.05) is 6.92 Å². The SMILES string of the molecule is CC[C@H](C)n1c(=O)c2ccccc2n(CC(=O)Nc2ccccc2F)c1=O. The number of para-hydroxylation sites is 2. The number of nitrogens with zero attached hydrogens (tertiary/aromatic N) is 2. The van der Waals surface area contributed by atoms with Crippen LogP contribution >= 0.6 is 0 Å². The maximum absolute atomic E-state index is 13.8. The number of hydrogen-bond donors (Lipinski definition) is 1. The number of aromatic nitrogens is 2. The van der Waals surface area contributed by atoms with E-state index < -0.39 is 17.4 Å². The maximum atomic E-state index is 13.8. The van der Waals surface area contributed by atoms with Crippen LogP contribution in [-0.4, -0.2) is 15.0 Å². The zero-order chi connectivity index (χ0) is 19.6. The van der Waals surface area contributed by atoms with Gasteiger partial charge in [-0.05, 0) is 37.6 Å². The minimum absolute atomic E-state index is 0.0371. The molecule has 0 saturated heterocycles. The fraction of sp³-hybridized carbons (Fsp3) is 0.250. The number of halogens is 1. The molecule has 0 unspecified atom stereocenters. The molecule has 3 rings (SSSR count). The van der Waals surface area contributed by atoms with Gasteiger partial charge in [-0.1, -0.05) is 31.2 Å². The van der Waals surface area contributed by atoms with Gasteiger partial charge in [-0.2, -0.15) is 0 Å². The summed E-state index contributed by atoms with van der Waals surface area (Å²) in [6.07, 6.45) is 0.592. The van der Waals surface area contributed by atoms with Gasteiger partial charge < -0.3 is 5.32 Å². The third-order valence-corrected chi connectivity index (χ3v) is 4.56. The van der Waals surface area contributed by atoms with Gasteiger partial charge in [0.2, 0.25) is 5.91 Å². The molecule has 7 heteroatoms. The lowest BCUT2D eigenvalue weighted by molar-refractivity contribution is -0.116.